The number of nitrogens with one attached hydrogen (secondary N) is 1. The molecule has 1 aromatic heterocycles. The number of carbonyl (C=O) groups is 1. The number of amides is 1. The largest absolute Gasteiger partial charge is 0.493 e. The van der Waals surface area contributed by atoms with E-state index in [2.05, 4.69) is 12.2 Å². The minimum Gasteiger partial charge on any atom is -0.493 e. The number of rotatable bonds is 7. The van der Waals surface area contributed by atoms with Crippen molar-refractivity contribution in [3.8, 4) is 11.5 Å². The molecule has 1 aliphatic carbocycles. The van der Waals surface area contributed by atoms with Crippen molar-refractivity contribution in [2.75, 3.05) is 19.5 Å². The highest BCUT2D eigenvalue weighted by atomic mass is 16.5. The van der Waals surface area contributed by atoms with Crippen LogP contribution in [0.15, 0.2) is 16.5 Å². The van der Waals surface area contributed by atoms with Gasteiger partial charge in [-0.25, -0.2) is 0 Å². The van der Waals surface area contributed by atoms with Gasteiger partial charge in [0, 0.05) is 23.6 Å². The first-order chi connectivity index (χ1) is 14.2. The fourth-order valence-electron chi connectivity index (χ4n) is 4.39. The fraction of sp³-hybridized carbons (Fsp3) is 0.458. The Morgan fingerprint density at radius 1 is 1.10 bits per heavy atom. The van der Waals surface area contributed by atoms with Crippen molar-refractivity contribution in [3.63, 3.8) is 0 Å². The summed E-state index contributed by atoms with van der Waals surface area (Å²) in [4.78, 5) is 12.7. The van der Waals surface area contributed by atoms with E-state index in [9.17, 15) is 4.79 Å². The van der Waals surface area contributed by atoms with E-state index in [0.717, 1.165) is 48.5 Å². The molecule has 0 fully saturated rings. The van der Waals surface area contributed by atoms with Crippen LogP contribution in [-0.4, -0.2) is 20.1 Å². The first-order valence-corrected chi connectivity index (χ1v) is 10.6. The van der Waals surface area contributed by atoms with Crippen LogP contribution < -0.4 is 14.8 Å². The molecule has 0 radical (unpaired) electrons. The Hall–Kier alpha value is -2.69. The van der Waals surface area contributed by atoms with Crippen molar-refractivity contribution in [3.05, 3.63) is 40.3 Å². The molecule has 2 heterocycles. The second-order valence-electron chi connectivity index (χ2n) is 7.78. The Morgan fingerprint density at radius 2 is 1.86 bits per heavy atom. The normalized spacial score (nSPS) is 16.5. The van der Waals surface area contributed by atoms with Gasteiger partial charge in [-0.3, -0.25) is 4.79 Å². The summed E-state index contributed by atoms with van der Waals surface area (Å²) in [5.74, 6) is 3.04. The monoisotopic (exact) mass is 395 g/mol. The summed E-state index contributed by atoms with van der Waals surface area (Å²) in [7, 11) is 3.19. The van der Waals surface area contributed by atoms with Gasteiger partial charge < -0.3 is 19.2 Å². The average molecular weight is 395 g/mol. The summed E-state index contributed by atoms with van der Waals surface area (Å²) in [5, 5.41) is 2.94. The number of aryl methyl sites for hydroxylation is 1. The lowest BCUT2D eigenvalue weighted by atomic mass is 9.92. The number of methoxy groups -OCH3 is 2. The molecule has 0 saturated carbocycles. The smallest absolute Gasteiger partial charge is 0.256 e. The Kier molecular flexibility index (Phi) is 5.65. The summed E-state index contributed by atoms with van der Waals surface area (Å²) in [6.07, 6.45) is 10.9. The highest BCUT2D eigenvalue weighted by Crippen LogP contribution is 2.42. The molecule has 0 atom stereocenters. The molecule has 29 heavy (non-hydrogen) atoms. The zero-order chi connectivity index (χ0) is 20.4. The third-order valence-electron chi connectivity index (χ3n) is 5.92. The first kappa shape index (κ1) is 19.6. The van der Waals surface area contributed by atoms with E-state index in [-0.39, 0.29) is 5.91 Å². The van der Waals surface area contributed by atoms with Crippen molar-refractivity contribution in [1.29, 1.82) is 0 Å². The van der Waals surface area contributed by atoms with Crippen molar-refractivity contribution < 1.29 is 18.7 Å². The Labute approximate surface area is 172 Å². The van der Waals surface area contributed by atoms with Crippen LogP contribution >= 0.6 is 0 Å². The van der Waals surface area contributed by atoms with Crippen LogP contribution in [0.5, 0.6) is 11.5 Å². The van der Waals surface area contributed by atoms with E-state index in [4.69, 9.17) is 13.9 Å². The topological polar surface area (TPSA) is 60.7 Å². The lowest BCUT2D eigenvalue weighted by molar-refractivity contribution is -0.110. The number of fused-ring (bicyclic) bond motifs is 2. The van der Waals surface area contributed by atoms with Crippen LogP contribution in [-0.2, 0) is 24.1 Å². The number of unbranched alkanes of at least 4 members (excludes halogenated alkanes) is 2. The van der Waals surface area contributed by atoms with Gasteiger partial charge in [0.1, 0.15) is 11.5 Å². The number of anilines is 1. The molecule has 2 aromatic rings. The zero-order valence-corrected chi connectivity index (χ0v) is 17.5. The number of ether oxygens (including phenoxy) is 2. The predicted molar refractivity (Wildman–Crippen MR) is 115 cm³/mol. The fourth-order valence-corrected chi connectivity index (χ4v) is 4.39. The van der Waals surface area contributed by atoms with Gasteiger partial charge in [0.2, 0.25) is 0 Å². The van der Waals surface area contributed by atoms with E-state index >= 15 is 0 Å². The van der Waals surface area contributed by atoms with Gasteiger partial charge in [-0.05, 0) is 49.8 Å². The van der Waals surface area contributed by atoms with Crippen LogP contribution in [0.2, 0.25) is 0 Å². The highest BCUT2D eigenvalue weighted by Gasteiger charge is 2.29. The maximum atomic E-state index is 12.7. The average Bonchev–Trinajstić information content (AvgIpc) is 3.24. The second kappa shape index (κ2) is 8.36. The zero-order valence-electron chi connectivity index (χ0n) is 17.5. The molecule has 0 saturated heterocycles. The third-order valence-corrected chi connectivity index (χ3v) is 5.92. The summed E-state index contributed by atoms with van der Waals surface area (Å²) in [6.45, 7) is 2.22. The standard InChI is InChI=1S/C24H29NO4/c1-4-5-6-9-16-15-10-7-8-11-20(15)29-21(16)13-18-17-12-22(27-2)23(28-3)14-19(17)25-24(18)26/h12-14H,4-11H2,1-3H3,(H,25,26). The molecular weight excluding hydrogens is 366 g/mol. The molecule has 5 heteroatoms. The van der Waals surface area contributed by atoms with Crippen molar-refractivity contribution >= 4 is 23.2 Å². The lowest BCUT2D eigenvalue weighted by Crippen LogP contribution is -2.04. The molecule has 1 amide bonds. The Bertz CT molecular complexity index is 954. The van der Waals surface area contributed by atoms with Crippen molar-refractivity contribution in [1.82, 2.24) is 0 Å². The molecule has 1 N–H and O–H groups in total. The predicted octanol–water partition coefficient (Wildman–Crippen LogP) is 5.40. The van der Waals surface area contributed by atoms with Gasteiger partial charge in [0.25, 0.3) is 5.91 Å². The Balaban J connectivity index is 1.77. The summed E-state index contributed by atoms with van der Waals surface area (Å²) in [5.41, 5.74) is 4.85. The Morgan fingerprint density at radius 3 is 2.62 bits per heavy atom. The second-order valence-corrected chi connectivity index (χ2v) is 7.78. The van der Waals surface area contributed by atoms with Gasteiger partial charge in [0.15, 0.2) is 11.5 Å². The number of hydrogen-bond donors (Lipinski definition) is 1. The van der Waals surface area contributed by atoms with Crippen molar-refractivity contribution in [2.45, 2.75) is 58.3 Å². The van der Waals surface area contributed by atoms with E-state index < -0.39 is 0 Å². The number of carbonyl (C=O) groups excluding carboxylic acids is 1. The molecule has 0 spiro atoms. The molecule has 1 aliphatic heterocycles. The van der Waals surface area contributed by atoms with E-state index in [1.54, 1.807) is 14.2 Å². The number of benzene rings is 1. The molecule has 154 valence electrons. The van der Waals surface area contributed by atoms with Crippen molar-refractivity contribution in [2.24, 2.45) is 0 Å². The summed E-state index contributed by atoms with van der Waals surface area (Å²) in [6, 6.07) is 3.67. The molecule has 5 nitrogen and oxygen atoms in total. The quantitative estimate of drug-likeness (QED) is 0.504. The lowest BCUT2D eigenvalue weighted by Gasteiger charge is -2.11. The number of furan rings is 1. The summed E-state index contributed by atoms with van der Waals surface area (Å²) < 4.78 is 17.1. The SMILES string of the molecule is CCCCCc1c(C=C2C(=O)Nc3cc(OC)c(OC)cc32)oc2c1CCCC2. The maximum Gasteiger partial charge on any atom is 0.256 e. The van der Waals surface area contributed by atoms with Crippen LogP contribution in [0, 0.1) is 0 Å². The van der Waals surface area contributed by atoms with Crippen LogP contribution in [0.1, 0.15) is 67.2 Å². The minimum atomic E-state index is -0.121. The molecule has 4 rings (SSSR count). The highest BCUT2D eigenvalue weighted by molar-refractivity contribution is 6.35. The van der Waals surface area contributed by atoms with Gasteiger partial charge in [-0.15, -0.1) is 0 Å². The molecule has 0 bridgehead atoms. The van der Waals surface area contributed by atoms with Crippen LogP contribution in [0.3, 0.4) is 0 Å². The summed E-state index contributed by atoms with van der Waals surface area (Å²) >= 11 is 0. The molecule has 1 aromatic carbocycles. The van der Waals surface area contributed by atoms with Crippen LogP contribution in [0.4, 0.5) is 5.69 Å². The molecule has 0 unspecified atom stereocenters. The van der Waals surface area contributed by atoms with E-state index in [1.807, 2.05) is 18.2 Å². The number of hydrogen-bond acceptors (Lipinski definition) is 4. The van der Waals surface area contributed by atoms with Gasteiger partial charge >= 0.3 is 0 Å². The van der Waals surface area contributed by atoms with Gasteiger partial charge in [-0.2, -0.15) is 0 Å². The molecular formula is C24H29NO4. The van der Waals surface area contributed by atoms with Gasteiger partial charge in [-0.1, -0.05) is 19.8 Å². The minimum absolute atomic E-state index is 0.121. The van der Waals surface area contributed by atoms with E-state index in [1.165, 1.54) is 36.8 Å². The van der Waals surface area contributed by atoms with Gasteiger partial charge in [0.05, 0.1) is 25.5 Å². The van der Waals surface area contributed by atoms with Crippen LogP contribution in [0.25, 0.3) is 11.6 Å². The maximum absolute atomic E-state index is 12.7. The first-order valence-electron chi connectivity index (χ1n) is 10.6. The third kappa shape index (κ3) is 3.66. The van der Waals surface area contributed by atoms with E-state index in [0.29, 0.717) is 17.1 Å². The molecule has 2 aliphatic rings.